The van der Waals surface area contributed by atoms with Crippen LogP contribution in [-0.2, 0) is 24.1 Å². The molecule has 0 spiro atoms. The third-order valence-corrected chi connectivity index (χ3v) is 4.65. The second kappa shape index (κ2) is 6.07. The van der Waals surface area contributed by atoms with Crippen LogP contribution in [0.5, 0.6) is 0 Å². The monoisotopic (exact) mass is 297 g/mol. The number of rotatable bonds is 4. The molecule has 0 bridgehead atoms. The molecule has 3 nitrogen and oxygen atoms in total. The summed E-state index contributed by atoms with van der Waals surface area (Å²) in [6.07, 6.45) is 5.24. The summed E-state index contributed by atoms with van der Waals surface area (Å²) in [7, 11) is 0. The second-order valence-corrected chi connectivity index (χ2v) is 6.51. The number of hydrogen-bond donors (Lipinski definition) is 1. The molecule has 0 saturated carbocycles. The average Bonchev–Trinajstić information content (AvgIpc) is 2.50. The minimum Gasteiger partial charge on any atom is -0.481 e. The van der Waals surface area contributed by atoms with Gasteiger partial charge in [0.15, 0.2) is 0 Å². The highest BCUT2D eigenvalue weighted by molar-refractivity contribution is 5.87. The van der Waals surface area contributed by atoms with Crippen molar-refractivity contribution < 1.29 is 9.90 Å². The number of para-hydroxylation sites is 1. The van der Waals surface area contributed by atoms with Crippen LogP contribution in [0, 0.1) is 0 Å². The minimum absolute atomic E-state index is 0.192. The van der Waals surface area contributed by atoms with Gasteiger partial charge in [0.1, 0.15) is 0 Å². The summed E-state index contributed by atoms with van der Waals surface area (Å²) in [5.41, 5.74) is 6.10. The fourth-order valence-corrected chi connectivity index (χ4v) is 3.55. The third kappa shape index (κ3) is 2.72. The first-order chi connectivity index (χ1) is 10.6. The lowest BCUT2D eigenvalue weighted by molar-refractivity contribution is -0.136. The molecule has 0 fully saturated rings. The van der Waals surface area contributed by atoms with E-state index < -0.39 is 5.97 Å². The third-order valence-electron chi connectivity index (χ3n) is 4.65. The van der Waals surface area contributed by atoms with Gasteiger partial charge in [-0.1, -0.05) is 32.0 Å². The van der Waals surface area contributed by atoms with Crippen molar-refractivity contribution in [1.82, 2.24) is 4.98 Å². The lowest BCUT2D eigenvalue weighted by Gasteiger charge is -2.22. The number of aliphatic carboxylic acids is 1. The van der Waals surface area contributed by atoms with Crippen LogP contribution in [0.2, 0.25) is 0 Å². The van der Waals surface area contributed by atoms with Gasteiger partial charge in [0.25, 0.3) is 0 Å². The summed E-state index contributed by atoms with van der Waals surface area (Å²) >= 11 is 0. The zero-order valence-electron chi connectivity index (χ0n) is 13.4. The zero-order valence-corrected chi connectivity index (χ0v) is 13.4. The number of carbonyl (C=O) groups is 1. The smallest absolute Gasteiger partial charge is 0.303 e. The molecule has 1 N–H and O–H groups in total. The molecule has 0 amide bonds. The Hall–Kier alpha value is -1.90. The summed E-state index contributed by atoms with van der Waals surface area (Å²) in [6.45, 7) is 4.37. The predicted octanol–water partition coefficient (Wildman–Crippen LogP) is 4.25. The first-order valence-electron chi connectivity index (χ1n) is 8.23. The van der Waals surface area contributed by atoms with Crippen molar-refractivity contribution in [2.24, 2.45) is 0 Å². The predicted molar refractivity (Wildman–Crippen MR) is 88.4 cm³/mol. The maximum absolute atomic E-state index is 11.0. The number of carboxylic acids is 1. The van der Waals surface area contributed by atoms with Crippen molar-refractivity contribution in [2.75, 3.05) is 0 Å². The zero-order chi connectivity index (χ0) is 15.7. The van der Waals surface area contributed by atoms with Crippen molar-refractivity contribution >= 4 is 16.9 Å². The molecule has 1 heterocycles. The Labute approximate surface area is 131 Å². The van der Waals surface area contributed by atoms with E-state index in [9.17, 15) is 4.79 Å². The molecular weight excluding hydrogens is 274 g/mol. The van der Waals surface area contributed by atoms with Gasteiger partial charge in [0.2, 0.25) is 0 Å². The molecule has 3 heteroatoms. The first-order valence-corrected chi connectivity index (χ1v) is 8.23. The highest BCUT2D eigenvalue weighted by Gasteiger charge is 2.20. The molecule has 0 aliphatic heterocycles. The second-order valence-electron chi connectivity index (χ2n) is 6.51. The normalized spacial score (nSPS) is 14.3. The van der Waals surface area contributed by atoms with Crippen LogP contribution in [0.4, 0.5) is 0 Å². The van der Waals surface area contributed by atoms with Gasteiger partial charge < -0.3 is 5.11 Å². The van der Waals surface area contributed by atoms with Crippen LogP contribution in [0.3, 0.4) is 0 Å². The summed E-state index contributed by atoms with van der Waals surface area (Å²) < 4.78 is 0. The van der Waals surface area contributed by atoms with E-state index in [0.29, 0.717) is 12.3 Å². The van der Waals surface area contributed by atoms with Crippen molar-refractivity contribution in [3.63, 3.8) is 0 Å². The number of aryl methyl sites for hydroxylation is 2. The molecule has 1 aromatic carbocycles. The molecule has 2 aromatic rings. The Bertz CT molecular complexity index is 719. The highest BCUT2D eigenvalue weighted by Crippen LogP contribution is 2.33. The van der Waals surface area contributed by atoms with Crippen molar-refractivity contribution in [2.45, 2.75) is 58.3 Å². The molecule has 116 valence electrons. The highest BCUT2D eigenvalue weighted by atomic mass is 16.4. The largest absolute Gasteiger partial charge is 0.481 e. The summed E-state index contributed by atoms with van der Waals surface area (Å²) in [4.78, 5) is 16.0. The van der Waals surface area contributed by atoms with Gasteiger partial charge in [-0.2, -0.15) is 0 Å². The van der Waals surface area contributed by atoms with Crippen LogP contribution in [0.15, 0.2) is 18.2 Å². The fourth-order valence-electron chi connectivity index (χ4n) is 3.55. The average molecular weight is 297 g/mol. The van der Waals surface area contributed by atoms with Gasteiger partial charge in [-0.15, -0.1) is 0 Å². The molecule has 1 aliphatic carbocycles. The van der Waals surface area contributed by atoms with E-state index in [1.54, 1.807) is 0 Å². The molecule has 0 saturated heterocycles. The Morgan fingerprint density at radius 2 is 2.05 bits per heavy atom. The lowest BCUT2D eigenvalue weighted by atomic mass is 9.86. The van der Waals surface area contributed by atoms with Crippen LogP contribution < -0.4 is 0 Å². The van der Waals surface area contributed by atoms with Crippen molar-refractivity contribution in [3.8, 4) is 0 Å². The van der Waals surface area contributed by atoms with E-state index >= 15 is 0 Å². The number of hydrogen-bond acceptors (Lipinski definition) is 2. The molecule has 1 aliphatic rings. The maximum atomic E-state index is 11.0. The van der Waals surface area contributed by atoms with Crippen LogP contribution in [0.1, 0.15) is 61.4 Å². The summed E-state index contributed by atoms with van der Waals surface area (Å²) in [5, 5.41) is 10.2. The maximum Gasteiger partial charge on any atom is 0.303 e. The van der Waals surface area contributed by atoms with Crippen molar-refractivity contribution in [3.05, 3.63) is 40.6 Å². The van der Waals surface area contributed by atoms with Gasteiger partial charge >= 0.3 is 5.97 Å². The van der Waals surface area contributed by atoms with E-state index in [1.807, 2.05) is 0 Å². The minimum atomic E-state index is -0.727. The van der Waals surface area contributed by atoms with Gasteiger partial charge in [-0.3, -0.25) is 9.78 Å². The van der Waals surface area contributed by atoms with Crippen LogP contribution >= 0.6 is 0 Å². The van der Waals surface area contributed by atoms with Gasteiger partial charge in [-0.25, -0.2) is 0 Å². The van der Waals surface area contributed by atoms with Gasteiger partial charge in [0, 0.05) is 17.5 Å². The molecule has 0 atom stereocenters. The molecule has 0 radical (unpaired) electrons. The fraction of sp³-hybridized carbons (Fsp3) is 0.474. The van der Waals surface area contributed by atoms with Crippen LogP contribution in [-0.4, -0.2) is 16.1 Å². The molecule has 22 heavy (non-hydrogen) atoms. The molecular formula is C19H23NO2. The standard InChI is InChI=1S/C19H23NO2/c1-12(2)13-7-5-8-16-14(10-11-18(21)22)15-6-3-4-9-17(15)20-19(13)16/h5,7-8,12H,3-4,6,9-11H2,1-2H3,(H,21,22). The van der Waals surface area contributed by atoms with Crippen molar-refractivity contribution in [1.29, 1.82) is 0 Å². The Morgan fingerprint density at radius 1 is 1.27 bits per heavy atom. The summed E-state index contributed by atoms with van der Waals surface area (Å²) in [6, 6.07) is 6.34. The van der Waals surface area contributed by atoms with Gasteiger partial charge in [-0.05, 0) is 54.7 Å². The number of carboxylic acid groups (broad SMARTS) is 1. The Balaban J connectivity index is 2.23. The molecule has 0 unspecified atom stereocenters. The molecule has 1 aromatic heterocycles. The lowest BCUT2D eigenvalue weighted by Crippen LogP contribution is -2.12. The number of nitrogens with zero attached hydrogens (tertiary/aromatic N) is 1. The van der Waals surface area contributed by atoms with Gasteiger partial charge in [0.05, 0.1) is 5.52 Å². The first kappa shape index (κ1) is 15.0. The van der Waals surface area contributed by atoms with E-state index in [0.717, 1.165) is 23.7 Å². The van der Waals surface area contributed by atoms with E-state index in [1.165, 1.54) is 35.2 Å². The van der Waals surface area contributed by atoms with Crippen LogP contribution in [0.25, 0.3) is 10.9 Å². The number of pyridine rings is 1. The summed E-state index contributed by atoms with van der Waals surface area (Å²) in [5.74, 6) is -0.306. The topological polar surface area (TPSA) is 50.2 Å². The molecule has 3 rings (SSSR count). The SMILES string of the molecule is CC(C)c1cccc2c(CCC(=O)O)c3c(nc12)CCCC3. The quantitative estimate of drug-likeness (QED) is 0.917. The number of fused-ring (bicyclic) bond motifs is 2. The van der Waals surface area contributed by atoms with E-state index in [4.69, 9.17) is 10.1 Å². The number of aromatic nitrogens is 1. The van der Waals surface area contributed by atoms with E-state index in [2.05, 4.69) is 32.0 Å². The Kier molecular flexibility index (Phi) is 4.14. The van der Waals surface area contributed by atoms with E-state index in [-0.39, 0.29) is 6.42 Å². The Morgan fingerprint density at radius 3 is 2.77 bits per heavy atom. The number of benzene rings is 1.